The van der Waals surface area contributed by atoms with Gasteiger partial charge in [0.15, 0.2) is 0 Å². The van der Waals surface area contributed by atoms with Gasteiger partial charge in [-0.1, -0.05) is 24.3 Å². The average Bonchev–Trinajstić information content (AvgIpc) is 2.81. The van der Waals surface area contributed by atoms with Crippen LogP contribution < -0.4 is 10.2 Å². The number of nitrogens with zero attached hydrogens (tertiary/aromatic N) is 3. The van der Waals surface area contributed by atoms with Gasteiger partial charge in [-0.25, -0.2) is 4.98 Å². The summed E-state index contributed by atoms with van der Waals surface area (Å²) in [6.07, 6.45) is 1.65. The van der Waals surface area contributed by atoms with Crippen molar-refractivity contribution in [2.75, 3.05) is 34.8 Å². The van der Waals surface area contributed by atoms with E-state index in [1.54, 1.807) is 18.3 Å². The number of nitriles is 1. The Morgan fingerprint density at radius 3 is 2.53 bits per heavy atom. The smallest absolute Gasteiger partial charge is 0.257 e. The fraction of sp³-hybridized carbons (Fsp3) is 0.208. The summed E-state index contributed by atoms with van der Waals surface area (Å²) < 4.78 is 0. The Bertz CT molecular complexity index is 1080. The highest BCUT2D eigenvalue weighted by molar-refractivity contribution is 7.99. The second-order valence-electron chi connectivity index (χ2n) is 7.13. The fourth-order valence-corrected chi connectivity index (χ4v) is 4.41. The molecule has 4 rings (SSSR count). The van der Waals surface area contributed by atoms with Gasteiger partial charge in [-0.15, -0.1) is 0 Å². The third kappa shape index (κ3) is 4.32. The van der Waals surface area contributed by atoms with E-state index < -0.39 is 0 Å². The summed E-state index contributed by atoms with van der Waals surface area (Å²) in [4.78, 5) is 19.5. The van der Waals surface area contributed by atoms with Crippen LogP contribution in [0, 0.1) is 18.3 Å². The molecule has 1 aliphatic heterocycles. The van der Waals surface area contributed by atoms with Gasteiger partial charge in [0, 0.05) is 36.5 Å². The minimum absolute atomic E-state index is 0.177. The van der Waals surface area contributed by atoms with Gasteiger partial charge in [0.05, 0.1) is 17.2 Å². The summed E-state index contributed by atoms with van der Waals surface area (Å²) in [5.74, 6) is 2.96. The van der Waals surface area contributed by atoms with Crippen molar-refractivity contribution in [3.63, 3.8) is 0 Å². The van der Waals surface area contributed by atoms with Crippen LogP contribution >= 0.6 is 11.8 Å². The van der Waals surface area contributed by atoms with Crippen molar-refractivity contribution in [2.45, 2.75) is 6.92 Å². The van der Waals surface area contributed by atoms with Crippen LogP contribution in [-0.2, 0) is 0 Å². The zero-order valence-corrected chi connectivity index (χ0v) is 17.6. The van der Waals surface area contributed by atoms with E-state index in [1.165, 1.54) is 0 Å². The molecule has 30 heavy (non-hydrogen) atoms. The average molecular weight is 415 g/mol. The molecule has 0 aliphatic carbocycles. The lowest BCUT2D eigenvalue weighted by Crippen LogP contribution is -2.33. The highest BCUT2D eigenvalue weighted by Crippen LogP contribution is 2.29. The lowest BCUT2D eigenvalue weighted by Gasteiger charge is -2.27. The Labute approximate surface area is 180 Å². The molecule has 0 atom stereocenters. The Balaban J connectivity index is 1.51. The van der Waals surface area contributed by atoms with Gasteiger partial charge >= 0.3 is 0 Å². The summed E-state index contributed by atoms with van der Waals surface area (Å²) in [7, 11) is 0. The molecule has 1 fully saturated rings. The third-order valence-corrected chi connectivity index (χ3v) is 6.19. The van der Waals surface area contributed by atoms with Crippen LogP contribution in [0.25, 0.3) is 11.1 Å². The molecule has 0 bridgehead atoms. The van der Waals surface area contributed by atoms with Crippen LogP contribution in [0.15, 0.2) is 60.8 Å². The van der Waals surface area contributed by atoms with E-state index in [-0.39, 0.29) is 5.91 Å². The summed E-state index contributed by atoms with van der Waals surface area (Å²) in [6.45, 7) is 3.97. The highest BCUT2D eigenvalue weighted by Gasteiger charge is 2.14. The number of hydrogen-bond donors (Lipinski definition) is 1. The molecule has 150 valence electrons. The first-order chi connectivity index (χ1) is 14.7. The highest BCUT2D eigenvalue weighted by atomic mass is 32.2. The number of aromatic nitrogens is 1. The first-order valence-electron chi connectivity index (χ1n) is 9.86. The van der Waals surface area contributed by atoms with Gasteiger partial charge in [0.1, 0.15) is 5.82 Å². The summed E-state index contributed by atoms with van der Waals surface area (Å²) in [6, 6.07) is 19.2. The largest absolute Gasteiger partial charge is 0.355 e. The number of carbonyl (C=O) groups excluding carboxylic acids is 1. The van der Waals surface area contributed by atoms with Crippen molar-refractivity contribution in [1.82, 2.24) is 4.98 Å². The lowest BCUT2D eigenvalue weighted by atomic mass is 9.98. The molecule has 1 N–H and O–H groups in total. The number of benzene rings is 2. The molecule has 0 saturated carbocycles. The molecule has 0 spiro atoms. The maximum Gasteiger partial charge on any atom is 0.257 e. The van der Waals surface area contributed by atoms with Gasteiger partial charge in [0.25, 0.3) is 5.91 Å². The van der Waals surface area contributed by atoms with Gasteiger partial charge in [-0.05, 0) is 53.9 Å². The number of nitrogens with one attached hydrogen (secondary N) is 1. The Morgan fingerprint density at radius 2 is 1.87 bits per heavy atom. The zero-order valence-electron chi connectivity index (χ0n) is 16.8. The summed E-state index contributed by atoms with van der Waals surface area (Å²) in [5.41, 5.74) is 4.93. The van der Waals surface area contributed by atoms with Gasteiger partial charge in [-0.3, -0.25) is 4.79 Å². The van der Waals surface area contributed by atoms with Crippen LogP contribution in [0.3, 0.4) is 0 Å². The number of anilines is 2. The first-order valence-corrected chi connectivity index (χ1v) is 11.0. The van der Waals surface area contributed by atoms with E-state index in [0.717, 1.165) is 52.8 Å². The molecule has 1 amide bonds. The molecule has 1 aliphatic rings. The predicted molar refractivity (Wildman–Crippen MR) is 123 cm³/mol. The molecule has 3 aromatic rings. The second kappa shape index (κ2) is 9.02. The number of pyridine rings is 1. The number of thioether (sulfide) groups is 1. The van der Waals surface area contributed by atoms with E-state index in [0.29, 0.717) is 11.1 Å². The summed E-state index contributed by atoms with van der Waals surface area (Å²) in [5, 5.41) is 12.0. The van der Waals surface area contributed by atoms with E-state index in [1.807, 2.05) is 61.2 Å². The van der Waals surface area contributed by atoms with E-state index in [2.05, 4.69) is 21.3 Å². The second-order valence-corrected chi connectivity index (χ2v) is 8.35. The minimum atomic E-state index is -0.177. The van der Waals surface area contributed by atoms with Gasteiger partial charge < -0.3 is 10.2 Å². The first kappa shape index (κ1) is 20.0. The maximum absolute atomic E-state index is 12.8. The van der Waals surface area contributed by atoms with Crippen molar-refractivity contribution >= 4 is 29.2 Å². The molecule has 5 nitrogen and oxygen atoms in total. The van der Waals surface area contributed by atoms with Crippen LogP contribution in [0.5, 0.6) is 0 Å². The lowest BCUT2D eigenvalue weighted by molar-refractivity contribution is 0.102. The number of rotatable bonds is 4. The van der Waals surface area contributed by atoms with Crippen molar-refractivity contribution in [3.8, 4) is 17.2 Å². The van der Waals surface area contributed by atoms with Gasteiger partial charge in [0.2, 0.25) is 0 Å². The van der Waals surface area contributed by atoms with Crippen molar-refractivity contribution in [3.05, 3.63) is 77.5 Å². The number of hydrogen-bond acceptors (Lipinski definition) is 5. The SMILES string of the molecule is Cc1c(NC(=O)c2ccc(N3CCSCC3)nc2)cccc1-c1ccc(C#N)cc1. The van der Waals surface area contributed by atoms with E-state index in [4.69, 9.17) is 5.26 Å². The van der Waals surface area contributed by atoms with Gasteiger partial charge in [-0.2, -0.15) is 17.0 Å². The molecule has 0 radical (unpaired) electrons. The Morgan fingerprint density at radius 1 is 1.10 bits per heavy atom. The number of carbonyl (C=O) groups is 1. The molecule has 0 unspecified atom stereocenters. The molecule has 1 saturated heterocycles. The molecular weight excluding hydrogens is 392 g/mol. The monoisotopic (exact) mass is 414 g/mol. The zero-order chi connectivity index (χ0) is 20.9. The molecule has 1 aromatic heterocycles. The van der Waals surface area contributed by atoms with Crippen LogP contribution in [0.1, 0.15) is 21.5 Å². The van der Waals surface area contributed by atoms with Crippen LogP contribution in [-0.4, -0.2) is 35.5 Å². The minimum Gasteiger partial charge on any atom is -0.355 e. The Kier molecular flexibility index (Phi) is 6.01. The molecular formula is C24H22N4OS. The Hall–Kier alpha value is -3.30. The van der Waals surface area contributed by atoms with Crippen molar-refractivity contribution < 1.29 is 4.79 Å². The topological polar surface area (TPSA) is 69.0 Å². The normalized spacial score (nSPS) is 13.5. The fourth-order valence-electron chi connectivity index (χ4n) is 3.50. The standard InChI is InChI=1S/C24H22N4OS/c1-17-21(19-7-5-18(15-25)6-8-19)3-2-4-22(17)27-24(29)20-9-10-23(26-16-20)28-11-13-30-14-12-28/h2-10,16H,11-14H2,1H3,(H,27,29). The molecule has 6 heteroatoms. The van der Waals surface area contributed by atoms with E-state index >= 15 is 0 Å². The van der Waals surface area contributed by atoms with Crippen LogP contribution in [0.4, 0.5) is 11.5 Å². The predicted octanol–water partition coefficient (Wildman–Crippen LogP) is 4.73. The molecule has 2 aromatic carbocycles. The number of amides is 1. The maximum atomic E-state index is 12.8. The quantitative estimate of drug-likeness (QED) is 0.668. The van der Waals surface area contributed by atoms with Crippen molar-refractivity contribution in [1.29, 1.82) is 5.26 Å². The van der Waals surface area contributed by atoms with Crippen LogP contribution in [0.2, 0.25) is 0 Å². The molecule has 2 heterocycles. The van der Waals surface area contributed by atoms with E-state index in [9.17, 15) is 4.79 Å². The van der Waals surface area contributed by atoms with Crippen molar-refractivity contribution in [2.24, 2.45) is 0 Å². The third-order valence-electron chi connectivity index (χ3n) is 5.25. The summed E-state index contributed by atoms with van der Waals surface area (Å²) >= 11 is 1.96.